The van der Waals surface area contributed by atoms with Gasteiger partial charge in [0.2, 0.25) is 5.91 Å². The van der Waals surface area contributed by atoms with Crippen molar-refractivity contribution in [3.05, 3.63) is 64.2 Å². The smallest absolute Gasteiger partial charge is 0.234 e. The van der Waals surface area contributed by atoms with Crippen LogP contribution in [-0.2, 0) is 4.79 Å². The van der Waals surface area contributed by atoms with Crippen molar-refractivity contribution in [2.24, 2.45) is 9.98 Å². The van der Waals surface area contributed by atoms with Gasteiger partial charge >= 0.3 is 0 Å². The van der Waals surface area contributed by atoms with Crippen molar-refractivity contribution < 1.29 is 4.79 Å². The zero-order chi connectivity index (χ0) is 22.7. The quantitative estimate of drug-likeness (QED) is 0.644. The minimum absolute atomic E-state index is 0.0399. The van der Waals surface area contributed by atoms with Crippen molar-refractivity contribution in [1.82, 2.24) is 4.90 Å². The molecule has 2 aliphatic rings. The van der Waals surface area contributed by atoms with Gasteiger partial charge < -0.3 is 10.2 Å². The van der Waals surface area contributed by atoms with Crippen molar-refractivity contribution in [1.29, 1.82) is 0 Å². The van der Waals surface area contributed by atoms with Crippen LogP contribution in [0.1, 0.15) is 36.5 Å². The fourth-order valence-corrected chi connectivity index (χ4v) is 5.14. The van der Waals surface area contributed by atoms with E-state index >= 15 is 0 Å². The Kier molecular flexibility index (Phi) is 7.03. The molecular formula is C25H29ClN4OS. The van der Waals surface area contributed by atoms with Gasteiger partial charge in [-0.3, -0.25) is 9.79 Å². The third kappa shape index (κ3) is 5.25. The van der Waals surface area contributed by atoms with Crippen molar-refractivity contribution in [2.75, 3.05) is 30.7 Å². The Labute approximate surface area is 199 Å². The molecule has 2 aliphatic heterocycles. The lowest BCUT2D eigenvalue weighted by Crippen LogP contribution is -2.41. The monoisotopic (exact) mass is 468 g/mol. The molecule has 0 aliphatic carbocycles. The van der Waals surface area contributed by atoms with Gasteiger partial charge in [0.05, 0.1) is 11.5 Å². The molecule has 0 atom stereocenters. The van der Waals surface area contributed by atoms with E-state index in [-0.39, 0.29) is 11.7 Å². The average Bonchev–Trinajstić information content (AvgIpc) is 3.13. The second-order valence-corrected chi connectivity index (χ2v) is 9.86. The molecule has 32 heavy (non-hydrogen) atoms. The zero-order valence-corrected chi connectivity index (χ0v) is 20.4. The van der Waals surface area contributed by atoms with E-state index < -0.39 is 5.66 Å². The largest absolute Gasteiger partial charge is 0.325 e. The van der Waals surface area contributed by atoms with Crippen molar-refractivity contribution >= 4 is 45.7 Å². The Morgan fingerprint density at radius 1 is 1.12 bits per heavy atom. The Hall–Kier alpha value is -2.15. The maximum absolute atomic E-state index is 12.7. The number of benzene rings is 2. The van der Waals surface area contributed by atoms with Crippen LogP contribution in [0.3, 0.4) is 0 Å². The lowest BCUT2D eigenvalue weighted by Gasteiger charge is -2.34. The number of thioether (sulfide) groups is 1. The van der Waals surface area contributed by atoms with Gasteiger partial charge in [-0.25, -0.2) is 4.99 Å². The molecule has 168 valence electrons. The first-order valence-corrected chi connectivity index (χ1v) is 12.4. The van der Waals surface area contributed by atoms with Gasteiger partial charge in [-0.15, -0.1) is 0 Å². The average molecular weight is 469 g/mol. The Morgan fingerprint density at radius 2 is 1.84 bits per heavy atom. The maximum Gasteiger partial charge on any atom is 0.234 e. The highest BCUT2D eigenvalue weighted by molar-refractivity contribution is 8.16. The number of rotatable bonds is 5. The summed E-state index contributed by atoms with van der Waals surface area (Å²) in [5.41, 5.74) is 4.54. The highest BCUT2D eigenvalue weighted by Crippen LogP contribution is 2.35. The number of hydrogen-bond acceptors (Lipinski definition) is 5. The van der Waals surface area contributed by atoms with E-state index in [1.54, 1.807) is 0 Å². The second kappa shape index (κ2) is 9.77. The number of nitrogens with one attached hydrogen (secondary N) is 1. The predicted molar refractivity (Wildman–Crippen MR) is 137 cm³/mol. The highest BCUT2D eigenvalue weighted by Gasteiger charge is 2.39. The van der Waals surface area contributed by atoms with E-state index in [0.717, 1.165) is 60.0 Å². The Bertz CT molecular complexity index is 1060. The Morgan fingerprint density at radius 3 is 2.50 bits per heavy atom. The Balaban J connectivity index is 1.50. The van der Waals surface area contributed by atoms with Crippen molar-refractivity contribution in [2.45, 2.75) is 39.3 Å². The van der Waals surface area contributed by atoms with Crippen molar-refractivity contribution in [3.8, 4) is 0 Å². The number of aryl methyl sites for hydroxylation is 2. The standard InChI is InChI=1S/C25H29ClN4OS/c1-4-30-13-11-25(12-14-30)28-23(19-6-8-20(26)9-7-19)24(29-25)32-16-22(31)27-21-10-5-17(2)15-18(21)3/h5-10,15H,4,11-14,16H2,1-3H3,(H,27,31). The topological polar surface area (TPSA) is 57.1 Å². The van der Waals surface area contributed by atoms with Crippen LogP contribution < -0.4 is 5.32 Å². The number of carbonyl (C=O) groups excluding carboxylic acids is 1. The summed E-state index contributed by atoms with van der Waals surface area (Å²) in [7, 11) is 0. The van der Waals surface area contributed by atoms with E-state index in [4.69, 9.17) is 21.6 Å². The van der Waals surface area contributed by atoms with Crippen LogP contribution in [0.25, 0.3) is 0 Å². The van der Waals surface area contributed by atoms with Crippen LogP contribution in [-0.4, -0.2) is 52.6 Å². The summed E-state index contributed by atoms with van der Waals surface area (Å²) in [6, 6.07) is 13.7. The summed E-state index contributed by atoms with van der Waals surface area (Å²) in [4.78, 5) is 25.3. The van der Waals surface area contributed by atoms with Crippen LogP contribution in [0.5, 0.6) is 0 Å². The molecule has 0 bridgehead atoms. The minimum Gasteiger partial charge on any atom is -0.325 e. The fourth-order valence-electron chi connectivity index (χ4n) is 4.14. The molecule has 1 fully saturated rings. The molecule has 0 unspecified atom stereocenters. The SMILES string of the molecule is CCN1CCC2(CC1)N=C(SCC(=O)Nc1ccc(C)cc1C)C(c1ccc(Cl)cc1)=N2. The van der Waals surface area contributed by atoms with Gasteiger partial charge in [-0.1, -0.05) is 60.1 Å². The molecule has 1 N–H and O–H groups in total. The first kappa shape index (κ1) is 23.0. The molecule has 0 radical (unpaired) electrons. The summed E-state index contributed by atoms with van der Waals surface area (Å²) in [6.45, 7) is 9.27. The summed E-state index contributed by atoms with van der Waals surface area (Å²) in [5.74, 6) is 0.248. The third-order valence-electron chi connectivity index (χ3n) is 6.05. The zero-order valence-electron chi connectivity index (χ0n) is 18.8. The van der Waals surface area contributed by atoms with Crippen LogP contribution in [0.2, 0.25) is 5.02 Å². The molecule has 5 nitrogen and oxygen atoms in total. The van der Waals surface area contributed by atoms with Gasteiger partial charge in [0.1, 0.15) is 5.04 Å². The second-order valence-electron chi connectivity index (χ2n) is 8.46. The number of nitrogens with zero attached hydrogens (tertiary/aromatic N) is 3. The molecule has 4 rings (SSSR count). The molecule has 2 heterocycles. The summed E-state index contributed by atoms with van der Waals surface area (Å²) in [5, 5.41) is 4.56. The number of amides is 1. The number of aliphatic imine (C=N–C) groups is 2. The van der Waals surface area contributed by atoms with Gasteiger partial charge in [0.15, 0.2) is 5.66 Å². The van der Waals surface area contributed by atoms with Crippen LogP contribution in [0.15, 0.2) is 52.4 Å². The lowest BCUT2D eigenvalue weighted by molar-refractivity contribution is -0.113. The summed E-state index contributed by atoms with van der Waals surface area (Å²) < 4.78 is 0. The highest BCUT2D eigenvalue weighted by atomic mass is 35.5. The number of hydrogen-bond donors (Lipinski definition) is 1. The van der Waals surface area contributed by atoms with Gasteiger partial charge in [0, 0.05) is 42.2 Å². The molecule has 2 aromatic rings. The fraction of sp³-hybridized carbons (Fsp3) is 0.400. The third-order valence-corrected chi connectivity index (χ3v) is 7.27. The van der Waals surface area contributed by atoms with E-state index in [2.05, 4.69) is 23.2 Å². The van der Waals surface area contributed by atoms with Crippen molar-refractivity contribution in [3.63, 3.8) is 0 Å². The lowest BCUT2D eigenvalue weighted by atomic mass is 9.98. The molecule has 7 heteroatoms. The maximum atomic E-state index is 12.7. The molecular weight excluding hydrogens is 440 g/mol. The number of halogens is 1. The molecule has 0 saturated carbocycles. The summed E-state index contributed by atoms with van der Waals surface area (Å²) >= 11 is 7.56. The molecule has 0 aromatic heterocycles. The molecule has 1 spiro atoms. The van der Waals surface area contributed by atoms with E-state index in [1.807, 2.05) is 50.2 Å². The normalized spacial score (nSPS) is 17.9. The first-order chi connectivity index (χ1) is 15.4. The summed E-state index contributed by atoms with van der Waals surface area (Å²) in [6.07, 6.45) is 1.80. The molecule has 2 aromatic carbocycles. The minimum atomic E-state index is -0.410. The van der Waals surface area contributed by atoms with Crippen LogP contribution in [0, 0.1) is 13.8 Å². The van der Waals surface area contributed by atoms with Gasteiger partial charge in [-0.2, -0.15) is 0 Å². The van der Waals surface area contributed by atoms with E-state index in [1.165, 1.54) is 17.3 Å². The van der Waals surface area contributed by atoms with E-state index in [0.29, 0.717) is 5.02 Å². The molecule has 1 amide bonds. The number of likely N-dealkylation sites (tertiary alicyclic amines) is 1. The number of carbonyl (C=O) groups is 1. The first-order valence-electron chi connectivity index (χ1n) is 11.1. The number of piperidine rings is 1. The van der Waals surface area contributed by atoms with Crippen LogP contribution >= 0.6 is 23.4 Å². The number of anilines is 1. The van der Waals surface area contributed by atoms with E-state index in [9.17, 15) is 4.79 Å². The van der Waals surface area contributed by atoms with Crippen LogP contribution in [0.4, 0.5) is 5.69 Å². The predicted octanol–water partition coefficient (Wildman–Crippen LogP) is 5.34. The molecule has 1 saturated heterocycles. The van der Waals surface area contributed by atoms with Gasteiger partial charge in [0.25, 0.3) is 0 Å². The van der Waals surface area contributed by atoms with Gasteiger partial charge in [-0.05, 0) is 44.2 Å².